The van der Waals surface area contributed by atoms with E-state index in [4.69, 9.17) is 9.47 Å². The molecule has 4 unspecified atom stereocenters. The maximum absolute atomic E-state index is 13.2. The smallest absolute Gasteiger partial charge is 0.349 e. The molecule has 0 aromatic carbocycles. The molecule has 7 heteroatoms. The van der Waals surface area contributed by atoms with Crippen LogP contribution in [0.25, 0.3) is 0 Å². The molecule has 1 N–H and O–H groups in total. The Kier molecular flexibility index (Phi) is 4.92. The number of aliphatic hydroxyl groups is 1. The van der Waals surface area contributed by atoms with E-state index in [1.165, 1.54) is 22.7 Å². The van der Waals surface area contributed by atoms with Crippen molar-refractivity contribution in [1.82, 2.24) is 4.90 Å². The predicted octanol–water partition coefficient (Wildman–Crippen LogP) is 2.84. The Balaban J connectivity index is 1.60. The minimum Gasteiger partial charge on any atom is -0.457 e. The van der Waals surface area contributed by atoms with Crippen LogP contribution in [-0.2, 0) is 19.9 Å². The fourth-order valence-electron chi connectivity index (χ4n) is 3.95. The van der Waals surface area contributed by atoms with Gasteiger partial charge in [-0.25, -0.2) is 4.79 Å². The average molecular weight is 394 g/mol. The number of esters is 1. The van der Waals surface area contributed by atoms with Crippen LogP contribution in [0.2, 0.25) is 0 Å². The van der Waals surface area contributed by atoms with Gasteiger partial charge in [0.1, 0.15) is 12.2 Å². The van der Waals surface area contributed by atoms with Gasteiger partial charge >= 0.3 is 5.97 Å². The second kappa shape index (κ2) is 7.05. The molecule has 2 aromatic heterocycles. The van der Waals surface area contributed by atoms with Crippen LogP contribution >= 0.6 is 22.7 Å². The molecule has 4 atom stereocenters. The molecule has 0 aliphatic carbocycles. The fraction of sp³-hybridized carbons (Fsp3) is 0.526. The van der Waals surface area contributed by atoms with E-state index in [2.05, 4.69) is 4.90 Å². The third-order valence-corrected chi connectivity index (χ3v) is 7.30. The minimum atomic E-state index is -1.76. The first-order valence-electron chi connectivity index (χ1n) is 8.83. The molecule has 0 radical (unpaired) electrons. The van der Waals surface area contributed by atoms with Crippen LogP contribution in [-0.4, -0.2) is 54.4 Å². The van der Waals surface area contributed by atoms with E-state index in [-0.39, 0.29) is 24.4 Å². The van der Waals surface area contributed by atoms with Crippen LogP contribution in [0.1, 0.15) is 29.0 Å². The van der Waals surface area contributed by atoms with Gasteiger partial charge in [-0.2, -0.15) is 0 Å². The van der Waals surface area contributed by atoms with Crippen LogP contribution in [0.3, 0.4) is 0 Å². The topological polar surface area (TPSA) is 59.0 Å². The molecule has 2 aliphatic rings. The highest BCUT2D eigenvalue weighted by Gasteiger charge is 2.50. The van der Waals surface area contributed by atoms with E-state index in [9.17, 15) is 9.90 Å². The Morgan fingerprint density at radius 3 is 2.42 bits per heavy atom. The lowest BCUT2D eigenvalue weighted by Gasteiger charge is -2.35. The normalized spacial score (nSPS) is 28.5. The Hall–Kier alpha value is -1.25. The summed E-state index contributed by atoms with van der Waals surface area (Å²) in [5.74, 6) is -0.612. The van der Waals surface area contributed by atoms with Gasteiger partial charge in [-0.3, -0.25) is 0 Å². The number of ether oxygens (including phenoxy) is 2. The van der Waals surface area contributed by atoms with Crippen LogP contribution in [0.4, 0.5) is 0 Å². The third kappa shape index (κ3) is 3.01. The van der Waals surface area contributed by atoms with Gasteiger partial charge < -0.3 is 19.5 Å². The van der Waals surface area contributed by atoms with E-state index in [0.717, 1.165) is 19.3 Å². The number of fused-ring (bicyclic) bond motifs is 2. The minimum absolute atomic E-state index is 0.136. The van der Waals surface area contributed by atoms with Gasteiger partial charge in [0.25, 0.3) is 0 Å². The van der Waals surface area contributed by atoms with Crippen LogP contribution in [0, 0.1) is 0 Å². The summed E-state index contributed by atoms with van der Waals surface area (Å²) in [5, 5.41) is 15.1. The van der Waals surface area contributed by atoms with Crippen molar-refractivity contribution in [3.05, 3.63) is 44.8 Å². The lowest BCUT2D eigenvalue weighted by atomic mass is 9.99. The molecule has 140 valence electrons. The van der Waals surface area contributed by atoms with Crippen molar-refractivity contribution in [1.29, 1.82) is 0 Å². The molecule has 5 nitrogen and oxygen atoms in total. The van der Waals surface area contributed by atoms with Crippen LogP contribution < -0.4 is 0 Å². The zero-order valence-corrected chi connectivity index (χ0v) is 16.5. The number of likely N-dealkylation sites (N-methyl/N-ethyl adjacent to an activating group) is 1. The van der Waals surface area contributed by atoms with Gasteiger partial charge in [-0.15, -0.1) is 22.7 Å². The van der Waals surface area contributed by atoms with Gasteiger partial charge in [-0.1, -0.05) is 12.1 Å². The number of carbonyl (C=O) groups is 1. The summed E-state index contributed by atoms with van der Waals surface area (Å²) in [5.41, 5.74) is -1.76. The Morgan fingerprint density at radius 2 is 1.88 bits per heavy atom. The second-order valence-electron chi connectivity index (χ2n) is 7.18. The number of hydrogen-bond donors (Lipinski definition) is 1. The largest absolute Gasteiger partial charge is 0.457 e. The number of nitrogens with zero attached hydrogens (tertiary/aromatic N) is 1. The number of hydrogen-bond acceptors (Lipinski definition) is 7. The van der Waals surface area contributed by atoms with Crippen molar-refractivity contribution in [2.24, 2.45) is 0 Å². The Morgan fingerprint density at radius 1 is 1.23 bits per heavy atom. The molecular formula is C19H23NO4S2. The Labute approximate surface area is 161 Å². The third-order valence-electron chi connectivity index (χ3n) is 5.35. The lowest BCUT2D eigenvalue weighted by molar-refractivity contribution is -0.182. The van der Waals surface area contributed by atoms with Crippen molar-refractivity contribution in [3.8, 4) is 0 Å². The zero-order valence-electron chi connectivity index (χ0n) is 14.8. The highest BCUT2D eigenvalue weighted by Crippen LogP contribution is 2.40. The summed E-state index contributed by atoms with van der Waals surface area (Å²) in [6.07, 6.45) is 2.40. The standard InChI is InChI=1S/C19H23NO4S2/c1-20(2)13-11-12-7-8-14(17(13)23-12)24-18(21)19(22,15-5-3-9-25-15)16-6-4-10-26-16/h3-6,9-10,12-14,17,22H,7-8,11H2,1-2H3. The van der Waals surface area contributed by atoms with Gasteiger partial charge in [0, 0.05) is 6.04 Å². The molecule has 26 heavy (non-hydrogen) atoms. The van der Waals surface area contributed by atoms with E-state index in [1.54, 1.807) is 12.1 Å². The monoisotopic (exact) mass is 393 g/mol. The second-order valence-corrected chi connectivity index (χ2v) is 9.07. The van der Waals surface area contributed by atoms with Crippen LogP contribution in [0.5, 0.6) is 0 Å². The van der Waals surface area contributed by atoms with Gasteiger partial charge in [-0.05, 0) is 56.3 Å². The highest BCUT2D eigenvalue weighted by atomic mass is 32.1. The van der Waals surface area contributed by atoms with Crippen molar-refractivity contribution < 1.29 is 19.4 Å². The summed E-state index contributed by atoms with van der Waals surface area (Å²) >= 11 is 2.71. The molecule has 0 spiro atoms. The van der Waals surface area contributed by atoms with E-state index in [0.29, 0.717) is 9.75 Å². The lowest BCUT2D eigenvalue weighted by Crippen LogP contribution is -2.48. The molecule has 2 fully saturated rings. The molecule has 4 heterocycles. The number of thiophene rings is 2. The quantitative estimate of drug-likeness (QED) is 0.792. The molecule has 0 saturated carbocycles. The maximum Gasteiger partial charge on any atom is 0.349 e. The van der Waals surface area contributed by atoms with Gasteiger partial charge in [0.15, 0.2) is 0 Å². The predicted molar refractivity (Wildman–Crippen MR) is 102 cm³/mol. The van der Waals surface area contributed by atoms with E-state index in [1.807, 2.05) is 37.0 Å². The number of rotatable bonds is 5. The highest BCUT2D eigenvalue weighted by molar-refractivity contribution is 7.12. The van der Waals surface area contributed by atoms with Crippen molar-refractivity contribution >= 4 is 28.6 Å². The molecule has 2 bridgehead atoms. The molecule has 2 aromatic rings. The van der Waals surface area contributed by atoms with Crippen molar-refractivity contribution in [2.75, 3.05) is 14.1 Å². The maximum atomic E-state index is 13.2. The average Bonchev–Trinajstić information content (AvgIpc) is 3.38. The Bertz CT molecular complexity index is 709. The summed E-state index contributed by atoms with van der Waals surface area (Å²) in [6.45, 7) is 0. The molecular weight excluding hydrogens is 370 g/mol. The first-order chi connectivity index (χ1) is 12.5. The number of carbonyl (C=O) groups excluding carboxylic acids is 1. The molecule has 0 amide bonds. The molecule has 4 rings (SSSR count). The summed E-state index contributed by atoms with van der Waals surface area (Å²) in [4.78, 5) is 16.5. The zero-order chi connectivity index (χ0) is 18.3. The van der Waals surface area contributed by atoms with E-state index < -0.39 is 11.6 Å². The summed E-state index contributed by atoms with van der Waals surface area (Å²) in [7, 11) is 4.06. The fourth-order valence-corrected chi connectivity index (χ4v) is 5.67. The van der Waals surface area contributed by atoms with E-state index >= 15 is 0 Å². The van der Waals surface area contributed by atoms with Crippen molar-refractivity contribution in [2.45, 2.75) is 49.2 Å². The van der Waals surface area contributed by atoms with Gasteiger partial charge in [0.05, 0.1) is 15.9 Å². The van der Waals surface area contributed by atoms with Crippen LogP contribution in [0.15, 0.2) is 35.0 Å². The van der Waals surface area contributed by atoms with Gasteiger partial charge in [0.2, 0.25) is 5.60 Å². The first kappa shape index (κ1) is 18.1. The molecule has 2 aliphatic heterocycles. The molecule has 2 saturated heterocycles. The SMILES string of the molecule is CN(C)C1CC2CCC(OC(=O)C(O)(c3cccs3)c3cccs3)C1O2. The first-order valence-corrected chi connectivity index (χ1v) is 10.6. The summed E-state index contributed by atoms with van der Waals surface area (Å²) in [6, 6.07) is 7.45. The summed E-state index contributed by atoms with van der Waals surface area (Å²) < 4.78 is 12.0. The van der Waals surface area contributed by atoms with Crippen molar-refractivity contribution in [3.63, 3.8) is 0 Å².